The smallest absolute Gasteiger partial charge is 0.259 e. The molecule has 0 spiro atoms. The molecule has 0 saturated heterocycles. The topological polar surface area (TPSA) is 72.3 Å². The van der Waals surface area contributed by atoms with Crippen LogP contribution in [-0.2, 0) is 13.5 Å². The molecule has 0 unspecified atom stereocenters. The Kier molecular flexibility index (Phi) is 5.81. The fourth-order valence-corrected chi connectivity index (χ4v) is 5.87. The second-order valence-corrected chi connectivity index (χ2v) is 11.4. The second-order valence-electron chi connectivity index (χ2n) is 10.6. The van der Waals surface area contributed by atoms with Crippen molar-refractivity contribution < 1.29 is 13.9 Å². The van der Waals surface area contributed by atoms with Crippen LogP contribution in [0.2, 0.25) is 10.0 Å². The summed E-state index contributed by atoms with van der Waals surface area (Å²) in [6.07, 6.45) is 5.79. The van der Waals surface area contributed by atoms with E-state index in [0.717, 1.165) is 29.5 Å². The van der Waals surface area contributed by atoms with Gasteiger partial charge in [-0.2, -0.15) is 0 Å². The van der Waals surface area contributed by atoms with Gasteiger partial charge in [0.25, 0.3) is 5.91 Å². The van der Waals surface area contributed by atoms with Gasteiger partial charge in [-0.05, 0) is 56.4 Å². The Hall–Kier alpha value is -3.36. The third-order valence-corrected chi connectivity index (χ3v) is 7.71. The van der Waals surface area contributed by atoms with E-state index in [2.05, 4.69) is 10.3 Å². The Labute approximate surface area is 229 Å². The van der Waals surface area contributed by atoms with Gasteiger partial charge in [-0.25, -0.2) is 9.37 Å². The Morgan fingerprint density at radius 3 is 2.61 bits per heavy atom. The van der Waals surface area contributed by atoms with Gasteiger partial charge < -0.3 is 19.5 Å². The van der Waals surface area contributed by atoms with Crippen LogP contribution in [0.25, 0.3) is 11.0 Å². The molecule has 3 heterocycles. The highest BCUT2D eigenvalue weighted by molar-refractivity contribution is 6.39. The summed E-state index contributed by atoms with van der Waals surface area (Å²) >= 11 is 12.8. The van der Waals surface area contributed by atoms with E-state index in [-0.39, 0.29) is 5.69 Å². The number of rotatable bonds is 5. The molecule has 2 aromatic heterocycles. The lowest BCUT2D eigenvalue weighted by atomic mass is 9.98. The second kappa shape index (κ2) is 8.85. The largest absolute Gasteiger partial charge is 0.486 e. The van der Waals surface area contributed by atoms with E-state index in [1.807, 2.05) is 32.5 Å². The summed E-state index contributed by atoms with van der Waals surface area (Å²) in [6.45, 7) is 3.94. The molecule has 6 rings (SSSR count). The van der Waals surface area contributed by atoms with Gasteiger partial charge in [-0.3, -0.25) is 9.78 Å². The Morgan fingerprint density at radius 1 is 1.21 bits per heavy atom. The summed E-state index contributed by atoms with van der Waals surface area (Å²) in [5, 5.41) is 3.55. The molecule has 196 valence electrons. The summed E-state index contributed by atoms with van der Waals surface area (Å²) in [7, 11) is 3.71. The van der Waals surface area contributed by atoms with Crippen molar-refractivity contribution in [2.24, 2.45) is 7.05 Å². The first-order valence-corrected chi connectivity index (χ1v) is 13.1. The molecule has 1 saturated carbocycles. The number of aromatic nitrogens is 3. The van der Waals surface area contributed by atoms with Crippen LogP contribution in [0.5, 0.6) is 5.75 Å². The van der Waals surface area contributed by atoms with E-state index < -0.39 is 17.3 Å². The van der Waals surface area contributed by atoms with Crippen molar-refractivity contribution >= 4 is 57.5 Å². The molecule has 1 N–H and O–H groups in total. The van der Waals surface area contributed by atoms with E-state index >= 15 is 0 Å². The SMILES string of the molecule is CN(c1c(Cl)cncc1Cl)c1nc2cc(C(=O)Nc3cc(C4CC4)ccc3F)c3c(c2n1C)CC(C)(C)O3. The number of anilines is 3. The Morgan fingerprint density at radius 2 is 1.92 bits per heavy atom. The standard InChI is InChI=1S/C28H26Cl2FN5O2/c1-28(2)11-17-23-22(34-27(35(23)3)36(4)24-18(29)12-32-13-19(24)30)10-16(25(17)38-28)26(37)33-21-9-15(14-5-6-14)7-8-20(21)31/h7-10,12-14H,5-6,11H2,1-4H3,(H,33,37). The first-order valence-electron chi connectivity index (χ1n) is 12.4. The average molecular weight is 554 g/mol. The van der Waals surface area contributed by atoms with E-state index in [4.69, 9.17) is 32.9 Å². The number of hydrogen-bond acceptors (Lipinski definition) is 5. The zero-order valence-electron chi connectivity index (χ0n) is 21.4. The van der Waals surface area contributed by atoms with Crippen LogP contribution in [0.3, 0.4) is 0 Å². The molecule has 10 heteroatoms. The maximum absolute atomic E-state index is 14.7. The molecule has 1 aliphatic carbocycles. The molecular weight excluding hydrogens is 528 g/mol. The van der Waals surface area contributed by atoms with Crippen LogP contribution in [0.4, 0.5) is 21.7 Å². The van der Waals surface area contributed by atoms with Crippen LogP contribution in [0.15, 0.2) is 36.7 Å². The molecule has 1 amide bonds. The zero-order valence-corrected chi connectivity index (χ0v) is 22.9. The normalized spacial score (nSPS) is 15.9. The van der Waals surface area contributed by atoms with Gasteiger partial charge in [0.1, 0.15) is 17.2 Å². The molecule has 2 aliphatic rings. The summed E-state index contributed by atoms with van der Waals surface area (Å²) in [5.74, 6) is 0.559. The van der Waals surface area contributed by atoms with Crippen molar-refractivity contribution in [3.63, 3.8) is 0 Å². The molecule has 0 radical (unpaired) electrons. The molecule has 0 bridgehead atoms. The van der Waals surface area contributed by atoms with Gasteiger partial charge in [0, 0.05) is 38.5 Å². The highest BCUT2D eigenvalue weighted by atomic mass is 35.5. The molecule has 7 nitrogen and oxygen atoms in total. The van der Waals surface area contributed by atoms with Crippen LogP contribution in [0.1, 0.15) is 54.1 Å². The lowest BCUT2D eigenvalue weighted by molar-refractivity contribution is 0.101. The van der Waals surface area contributed by atoms with Crippen molar-refractivity contribution in [1.29, 1.82) is 0 Å². The van der Waals surface area contributed by atoms with E-state index in [1.165, 1.54) is 18.5 Å². The van der Waals surface area contributed by atoms with E-state index in [0.29, 0.717) is 50.8 Å². The van der Waals surface area contributed by atoms with Crippen molar-refractivity contribution in [2.45, 2.75) is 44.6 Å². The van der Waals surface area contributed by atoms with Gasteiger partial charge in [0.05, 0.1) is 38.0 Å². The highest BCUT2D eigenvalue weighted by Gasteiger charge is 2.37. The third kappa shape index (κ3) is 4.16. The maximum Gasteiger partial charge on any atom is 0.259 e. The van der Waals surface area contributed by atoms with Gasteiger partial charge >= 0.3 is 0 Å². The zero-order chi connectivity index (χ0) is 26.9. The monoisotopic (exact) mass is 553 g/mol. The quantitative estimate of drug-likeness (QED) is 0.287. The van der Waals surface area contributed by atoms with Crippen molar-refractivity contribution in [3.8, 4) is 5.75 Å². The number of halogens is 3. The van der Waals surface area contributed by atoms with Gasteiger partial charge in [-0.15, -0.1) is 0 Å². The fraction of sp³-hybridized carbons (Fsp3) is 0.321. The predicted octanol–water partition coefficient (Wildman–Crippen LogP) is 7.03. The number of carbonyl (C=O) groups is 1. The molecule has 0 atom stereocenters. The summed E-state index contributed by atoms with van der Waals surface area (Å²) in [6, 6.07) is 6.61. The molecule has 2 aromatic carbocycles. The minimum atomic E-state index is -0.531. The number of benzene rings is 2. The number of carbonyl (C=O) groups excluding carboxylic acids is 1. The summed E-state index contributed by atoms with van der Waals surface area (Å²) < 4.78 is 22.9. The van der Waals surface area contributed by atoms with E-state index in [1.54, 1.807) is 23.1 Å². The molecule has 38 heavy (non-hydrogen) atoms. The first kappa shape index (κ1) is 24.9. The number of nitrogens with zero attached hydrogens (tertiary/aromatic N) is 4. The molecule has 4 aromatic rings. The Bertz CT molecular complexity index is 1610. The van der Waals surface area contributed by atoms with Crippen LogP contribution >= 0.6 is 23.2 Å². The lowest BCUT2D eigenvalue weighted by Gasteiger charge is -2.20. The van der Waals surface area contributed by atoms with E-state index in [9.17, 15) is 9.18 Å². The molecule has 1 aliphatic heterocycles. The minimum absolute atomic E-state index is 0.161. The number of pyridine rings is 1. The van der Waals surface area contributed by atoms with Gasteiger partial charge in [0.2, 0.25) is 5.95 Å². The average Bonchev–Trinajstić information content (AvgIpc) is 3.57. The fourth-order valence-electron chi connectivity index (χ4n) is 5.25. The maximum atomic E-state index is 14.7. The number of imidazole rings is 1. The van der Waals surface area contributed by atoms with Gasteiger partial charge in [-0.1, -0.05) is 29.3 Å². The highest BCUT2D eigenvalue weighted by Crippen LogP contribution is 2.45. The third-order valence-electron chi connectivity index (χ3n) is 7.16. The number of hydrogen-bond donors (Lipinski definition) is 1. The van der Waals surface area contributed by atoms with Crippen molar-refractivity contribution in [3.05, 3.63) is 69.2 Å². The first-order chi connectivity index (χ1) is 18.0. The van der Waals surface area contributed by atoms with Crippen LogP contribution in [-0.4, -0.2) is 33.1 Å². The number of aryl methyl sites for hydroxylation is 1. The number of ether oxygens (including phenoxy) is 1. The molecule has 1 fully saturated rings. The Balaban J connectivity index is 1.46. The van der Waals surface area contributed by atoms with Crippen LogP contribution < -0.4 is 15.0 Å². The minimum Gasteiger partial charge on any atom is -0.486 e. The predicted molar refractivity (Wildman–Crippen MR) is 148 cm³/mol. The van der Waals surface area contributed by atoms with Crippen molar-refractivity contribution in [2.75, 3.05) is 17.3 Å². The summed E-state index contributed by atoms with van der Waals surface area (Å²) in [4.78, 5) is 24.2. The van der Waals surface area contributed by atoms with Crippen LogP contribution in [0, 0.1) is 5.82 Å². The summed E-state index contributed by atoms with van der Waals surface area (Å²) in [5.41, 5.74) is 3.85. The number of amides is 1. The number of nitrogens with one attached hydrogen (secondary N) is 1. The van der Waals surface area contributed by atoms with Gasteiger partial charge in [0.15, 0.2) is 0 Å². The lowest BCUT2D eigenvalue weighted by Crippen LogP contribution is -2.25. The molecular formula is C28H26Cl2FN5O2. The van der Waals surface area contributed by atoms with Crippen molar-refractivity contribution in [1.82, 2.24) is 14.5 Å². The number of fused-ring (bicyclic) bond motifs is 3.